The number of benzene rings is 2. The summed E-state index contributed by atoms with van der Waals surface area (Å²) in [6.07, 6.45) is 1.37. The van der Waals surface area contributed by atoms with Gasteiger partial charge in [-0.15, -0.1) is 0 Å². The number of carbonyl (C=O) groups is 2. The first-order valence-electron chi connectivity index (χ1n) is 11.1. The van der Waals surface area contributed by atoms with Crippen molar-refractivity contribution in [2.75, 3.05) is 6.61 Å². The first kappa shape index (κ1) is 24.4. The van der Waals surface area contributed by atoms with Gasteiger partial charge >= 0.3 is 0 Å². The third kappa shape index (κ3) is 6.58. The van der Waals surface area contributed by atoms with Gasteiger partial charge in [-0.25, -0.2) is 0 Å². The topological polar surface area (TPSA) is 58.6 Å². The maximum absolute atomic E-state index is 13.3. The van der Waals surface area contributed by atoms with Crippen molar-refractivity contribution in [1.29, 1.82) is 0 Å². The number of carbonyl (C=O) groups excluding carboxylic acids is 2. The van der Waals surface area contributed by atoms with Gasteiger partial charge < -0.3 is 15.0 Å². The summed E-state index contributed by atoms with van der Waals surface area (Å²) in [5.41, 5.74) is 4.24. The number of hydrogen-bond acceptors (Lipinski definition) is 3. The Hall–Kier alpha value is -2.82. The zero-order chi connectivity index (χ0) is 23.0. The quantitative estimate of drug-likeness (QED) is 0.601. The molecule has 0 radical (unpaired) electrons. The number of nitrogens with one attached hydrogen (secondary N) is 1. The van der Waals surface area contributed by atoms with Crippen LogP contribution in [0.15, 0.2) is 42.5 Å². The molecule has 31 heavy (non-hydrogen) atoms. The second kappa shape index (κ2) is 11.5. The van der Waals surface area contributed by atoms with Crippen molar-refractivity contribution in [3.05, 3.63) is 64.7 Å². The molecule has 0 spiro atoms. The highest BCUT2D eigenvalue weighted by Gasteiger charge is 2.29. The van der Waals surface area contributed by atoms with Crippen LogP contribution in [-0.4, -0.2) is 35.4 Å². The standard InChI is InChI=1S/C26H36N2O3/c1-7-20(5)27-26(30)23(8-2)28(16-22-14-10-9-12-19(22)4)25(29)17-31-24-15-11-13-18(3)21(24)6/h9-15,20,23H,7-8,16-17H2,1-6H3,(H,27,30)/t20-,23+/m0/s1. The number of ether oxygens (including phenoxy) is 1. The predicted octanol–water partition coefficient (Wildman–Crippen LogP) is 4.71. The first-order valence-corrected chi connectivity index (χ1v) is 11.1. The van der Waals surface area contributed by atoms with Gasteiger partial charge in [0.1, 0.15) is 11.8 Å². The highest BCUT2D eigenvalue weighted by molar-refractivity contribution is 5.88. The zero-order valence-corrected chi connectivity index (χ0v) is 19.7. The van der Waals surface area contributed by atoms with Crippen LogP contribution in [0.5, 0.6) is 5.75 Å². The fraction of sp³-hybridized carbons (Fsp3) is 0.462. The SMILES string of the molecule is CC[C@H](C(=O)N[C@@H](C)CC)N(Cc1ccccc1C)C(=O)COc1cccc(C)c1C. The molecule has 0 bridgehead atoms. The molecule has 2 rings (SSSR count). The lowest BCUT2D eigenvalue weighted by Crippen LogP contribution is -2.51. The first-order chi connectivity index (χ1) is 14.8. The number of rotatable bonds is 10. The van der Waals surface area contributed by atoms with Crippen LogP contribution in [-0.2, 0) is 16.1 Å². The van der Waals surface area contributed by atoms with Crippen LogP contribution in [0.3, 0.4) is 0 Å². The molecular weight excluding hydrogens is 388 g/mol. The summed E-state index contributed by atoms with van der Waals surface area (Å²) in [5, 5.41) is 3.03. The minimum atomic E-state index is -0.552. The van der Waals surface area contributed by atoms with E-state index in [1.807, 2.05) is 84.0 Å². The number of amides is 2. The molecule has 0 aliphatic heterocycles. The molecule has 1 N–H and O–H groups in total. The third-order valence-electron chi connectivity index (χ3n) is 5.89. The Morgan fingerprint density at radius 2 is 1.65 bits per heavy atom. The molecule has 2 amide bonds. The molecule has 0 saturated carbocycles. The molecular formula is C26H36N2O3. The van der Waals surface area contributed by atoms with Crippen LogP contribution in [0.1, 0.15) is 55.9 Å². The zero-order valence-electron chi connectivity index (χ0n) is 19.7. The van der Waals surface area contributed by atoms with Crippen molar-refractivity contribution in [3.8, 4) is 5.75 Å². The molecule has 2 aromatic carbocycles. The van der Waals surface area contributed by atoms with Gasteiger partial charge in [0.2, 0.25) is 5.91 Å². The van der Waals surface area contributed by atoms with Gasteiger partial charge in [0.25, 0.3) is 5.91 Å². The summed E-state index contributed by atoms with van der Waals surface area (Å²) in [5.74, 6) is 0.377. The van der Waals surface area contributed by atoms with Gasteiger partial charge in [-0.05, 0) is 68.9 Å². The lowest BCUT2D eigenvalue weighted by molar-refractivity contribution is -0.143. The summed E-state index contributed by atoms with van der Waals surface area (Å²) in [7, 11) is 0. The van der Waals surface area contributed by atoms with E-state index in [0.717, 1.165) is 28.7 Å². The van der Waals surface area contributed by atoms with E-state index >= 15 is 0 Å². The van der Waals surface area contributed by atoms with Gasteiger partial charge in [-0.3, -0.25) is 9.59 Å². The summed E-state index contributed by atoms with van der Waals surface area (Å²) in [4.78, 5) is 28.0. The van der Waals surface area contributed by atoms with E-state index in [4.69, 9.17) is 4.74 Å². The highest BCUT2D eigenvalue weighted by atomic mass is 16.5. The Labute approximate surface area is 186 Å². The van der Waals surface area contributed by atoms with Crippen molar-refractivity contribution < 1.29 is 14.3 Å². The van der Waals surface area contributed by atoms with Crippen molar-refractivity contribution >= 4 is 11.8 Å². The molecule has 2 atom stereocenters. The molecule has 0 fully saturated rings. The minimum Gasteiger partial charge on any atom is -0.483 e. The van der Waals surface area contributed by atoms with E-state index in [9.17, 15) is 9.59 Å². The minimum absolute atomic E-state index is 0.0585. The summed E-state index contributed by atoms with van der Waals surface area (Å²) >= 11 is 0. The normalized spacial score (nSPS) is 12.7. The molecule has 0 aromatic heterocycles. The van der Waals surface area contributed by atoms with Crippen LogP contribution < -0.4 is 10.1 Å². The van der Waals surface area contributed by atoms with Crippen molar-refractivity contribution in [2.45, 2.75) is 73.0 Å². The number of aryl methyl sites for hydroxylation is 2. The summed E-state index contributed by atoms with van der Waals surface area (Å²) in [6.45, 7) is 12.2. The second-order valence-corrected chi connectivity index (χ2v) is 8.18. The van der Waals surface area contributed by atoms with Gasteiger partial charge in [-0.1, -0.05) is 50.2 Å². The number of hydrogen-bond donors (Lipinski definition) is 1. The Morgan fingerprint density at radius 1 is 0.968 bits per heavy atom. The van der Waals surface area contributed by atoms with Crippen molar-refractivity contribution in [1.82, 2.24) is 10.2 Å². The molecule has 0 aliphatic carbocycles. The van der Waals surface area contributed by atoms with E-state index < -0.39 is 6.04 Å². The van der Waals surface area contributed by atoms with E-state index in [2.05, 4.69) is 5.32 Å². The van der Waals surface area contributed by atoms with Gasteiger partial charge in [0, 0.05) is 12.6 Å². The maximum Gasteiger partial charge on any atom is 0.261 e. The van der Waals surface area contributed by atoms with Crippen LogP contribution in [0.2, 0.25) is 0 Å². The molecule has 0 unspecified atom stereocenters. The highest BCUT2D eigenvalue weighted by Crippen LogP contribution is 2.21. The Kier molecular flexibility index (Phi) is 9.10. The fourth-order valence-electron chi connectivity index (χ4n) is 3.43. The monoisotopic (exact) mass is 424 g/mol. The molecule has 5 heteroatoms. The van der Waals surface area contributed by atoms with E-state index in [1.54, 1.807) is 4.90 Å². The van der Waals surface area contributed by atoms with Gasteiger partial charge in [0.15, 0.2) is 6.61 Å². The van der Waals surface area contributed by atoms with Crippen LogP contribution in [0.4, 0.5) is 0 Å². The van der Waals surface area contributed by atoms with Crippen LogP contribution in [0, 0.1) is 20.8 Å². The van der Waals surface area contributed by atoms with E-state index in [1.165, 1.54) is 0 Å². The van der Waals surface area contributed by atoms with Crippen molar-refractivity contribution in [3.63, 3.8) is 0 Å². The summed E-state index contributed by atoms with van der Waals surface area (Å²) < 4.78 is 5.88. The largest absolute Gasteiger partial charge is 0.483 e. The van der Waals surface area contributed by atoms with Crippen LogP contribution in [0.25, 0.3) is 0 Å². The fourth-order valence-corrected chi connectivity index (χ4v) is 3.43. The molecule has 0 heterocycles. The van der Waals surface area contributed by atoms with Gasteiger partial charge in [0.05, 0.1) is 0 Å². The smallest absolute Gasteiger partial charge is 0.261 e. The average Bonchev–Trinajstić information content (AvgIpc) is 2.75. The Morgan fingerprint density at radius 3 is 2.29 bits per heavy atom. The second-order valence-electron chi connectivity index (χ2n) is 8.18. The molecule has 0 saturated heterocycles. The van der Waals surface area contributed by atoms with Crippen LogP contribution >= 0.6 is 0 Å². The molecule has 168 valence electrons. The third-order valence-corrected chi connectivity index (χ3v) is 5.89. The lowest BCUT2D eigenvalue weighted by Gasteiger charge is -2.32. The Balaban J connectivity index is 2.26. The lowest BCUT2D eigenvalue weighted by atomic mass is 10.1. The average molecular weight is 425 g/mol. The molecule has 2 aromatic rings. The van der Waals surface area contributed by atoms with E-state index in [-0.39, 0.29) is 24.5 Å². The molecule has 5 nitrogen and oxygen atoms in total. The maximum atomic E-state index is 13.3. The Bertz CT molecular complexity index is 894. The van der Waals surface area contributed by atoms with E-state index in [0.29, 0.717) is 18.7 Å². The number of nitrogens with zero attached hydrogens (tertiary/aromatic N) is 1. The molecule has 0 aliphatic rings. The predicted molar refractivity (Wildman–Crippen MR) is 125 cm³/mol. The van der Waals surface area contributed by atoms with Gasteiger partial charge in [-0.2, -0.15) is 0 Å². The summed E-state index contributed by atoms with van der Waals surface area (Å²) in [6, 6.07) is 13.3. The van der Waals surface area contributed by atoms with Crippen molar-refractivity contribution in [2.24, 2.45) is 0 Å².